The molecule has 1 unspecified atom stereocenters. The molecule has 0 saturated carbocycles. The molecule has 1 heterocycles. The third kappa shape index (κ3) is 2.79. The van der Waals surface area contributed by atoms with Crippen LogP contribution in [-0.4, -0.2) is 5.78 Å². The Labute approximate surface area is 179 Å². The highest BCUT2D eigenvalue weighted by Crippen LogP contribution is 2.52. The van der Waals surface area contributed by atoms with E-state index in [2.05, 4.69) is 102 Å². The second-order valence-electron chi connectivity index (χ2n) is 8.65. The number of Topliss-reactive ketones (excluding diaryl/α,β-unsaturated/α-hetero) is 1. The Hall–Kier alpha value is -2.14. The Bertz CT molecular complexity index is 1160. The van der Waals surface area contributed by atoms with E-state index in [1.54, 1.807) is 0 Å². The highest BCUT2D eigenvalue weighted by atomic mass is 127. The summed E-state index contributed by atoms with van der Waals surface area (Å²) in [4.78, 5) is 13.4. The summed E-state index contributed by atoms with van der Waals surface area (Å²) in [6, 6.07) is 21.2. The first-order chi connectivity index (χ1) is 13.4. The molecule has 2 aliphatic rings. The van der Waals surface area contributed by atoms with Crippen LogP contribution in [0.3, 0.4) is 0 Å². The Morgan fingerprint density at radius 3 is 2.54 bits per heavy atom. The summed E-state index contributed by atoms with van der Waals surface area (Å²) in [5.41, 5.74) is 5.59. The van der Waals surface area contributed by atoms with E-state index in [4.69, 9.17) is 0 Å². The fourth-order valence-corrected chi connectivity index (χ4v) is 5.49. The molecule has 1 N–H and O–H groups in total. The molecule has 140 valence electrons. The molecule has 1 aliphatic heterocycles. The molecule has 1 aliphatic carbocycles. The van der Waals surface area contributed by atoms with Crippen LogP contribution in [0.2, 0.25) is 0 Å². The van der Waals surface area contributed by atoms with Crippen LogP contribution in [0, 0.1) is 8.99 Å². The number of carbonyl (C=O) groups excluding carboxylic acids is 1. The minimum absolute atomic E-state index is 0.0157. The standard InChI is InChI=1S/C25H22INO/c1-25(2)13-18-23(21(28)14-25)22-16-8-4-3-7-15(16)11-12-20(22)27-24(18)17-9-5-6-10-19(17)26/h3-12,24,27H,13-14H2,1-2H3. The number of allylic oxidation sites excluding steroid dienone is 1. The molecule has 0 spiro atoms. The van der Waals surface area contributed by atoms with E-state index in [0.29, 0.717) is 6.42 Å². The monoisotopic (exact) mass is 479 g/mol. The van der Waals surface area contributed by atoms with Crippen molar-refractivity contribution >= 4 is 50.4 Å². The SMILES string of the molecule is CC1(C)CC(=O)C2=C(C1)C(c1ccccc1I)Nc1ccc3ccccc3c12. The van der Waals surface area contributed by atoms with Crippen molar-refractivity contribution in [2.75, 3.05) is 5.32 Å². The van der Waals surface area contributed by atoms with Crippen molar-refractivity contribution in [3.05, 3.63) is 80.9 Å². The van der Waals surface area contributed by atoms with Gasteiger partial charge < -0.3 is 5.32 Å². The second kappa shape index (κ2) is 6.45. The Kier molecular flexibility index (Phi) is 4.13. The van der Waals surface area contributed by atoms with Crippen LogP contribution in [0.25, 0.3) is 16.3 Å². The van der Waals surface area contributed by atoms with Gasteiger partial charge in [-0.05, 0) is 68.5 Å². The van der Waals surface area contributed by atoms with E-state index < -0.39 is 0 Å². The topological polar surface area (TPSA) is 29.1 Å². The number of rotatable bonds is 1. The largest absolute Gasteiger partial charge is 0.374 e. The van der Waals surface area contributed by atoms with Crippen molar-refractivity contribution in [1.82, 2.24) is 0 Å². The number of hydrogen-bond acceptors (Lipinski definition) is 2. The molecule has 0 radical (unpaired) electrons. The summed E-state index contributed by atoms with van der Waals surface area (Å²) in [7, 11) is 0. The van der Waals surface area contributed by atoms with Crippen LogP contribution < -0.4 is 5.32 Å². The van der Waals surface area contributed by atoms with Gasteiger partial charge in [-0.2, -0.15) is 0 Å². The number of anilines is 1. The molecule has 2 nitrogen and oxygen atoms in total. The zero-order valence-corrected chi connectivity index (χ0v) is 18.2. The Morgan fingerprint density at radius 1 is 0.964 bits per heavy atom. The lowest BCUT2D eigenvalue weighted by Crippen LogP contribution is -2.32. The van der Waals surface area contributed by atoms with Crippen molar-refractivity contribution < 1.29 is 4.79 Å². The summed E-state index contributed by atoms with van der Waals surface area (Å²) in [5, 5.41) is 6.13. The van der Waals surface area contributed by atoms with E-state index in [0.717, 1.165) is 28.6 Å². The third-order valence-electron chi connectivity index (χ3n) is 5.95. The van der Waals surface area contributed by atoms with Crippen LogP contribution in [0.15, 0.2) is 66.2 Å². The number of carbonyl (C=O) groups is 1. The maximum absolute atomic E-state index is 13.4. The summed E-state index contributed by atoms with van der Waals surface area (Å²) < 4.78 is 1.23. The lowest BCUT2D eigenvalue weighted by molar-refractivity contribution is -0.116. The number of fused-ring (bicyclic) bond motifs is 4. The molecule has 0 aromatic heterocycles. The molecular formula is C25H22INO. The minimum atomic E-state index is -0.0157. The Balaban J connectivity index is 1.83. The molecule has 3 aromatic rings. The van der Waals surface area contributed by atoms with Crippen LogP contribution in [0.1, 0.15) is 43.9 Å². The maximum atomic E-state index is 13.4. The smallest absolute Gasteiger partial charge is 0.164 e. The van der Waals surface area contributed by atoms with Crippen molar-refractivity contribution in [2.24, 2.45) is 5.41 Å². The highest BCUT2D eigenvalue weighted by molar-refractivity contribution is 14.1. The van der Waals surface area contributed by atoms with Gasteiger partial charge in [0.2, 0.25) is 0 Å². The van der Waals surface area contributed by atoms with Gasteiger partial charge >= 0.3 is 0 Å². The molecule has 0 saturated heterocycles. The average Bonchev–Trinajstić information content (AvgIpc) is 2.66. The fourth-order valence-electron chi connectivity index (χ4n) is 4.79. The number of benzene rings is 3. The highest BCUT2D eigenvalue weighted by Gasteiger charge is 2.40. The number of halogens is 1. The van der Waals surface area contributed by atoms with E-state index in [-0.39, 0.29) is 17.2 Å². The maximum Gasteiger partial charge on any atom is 0.164 e. The lowest BCUT2D eigenvalue weighted by atomic mass is 9.68. The first-order valence-electron chi connectivity index (χ1n) is 9.74. The van der Waals surface area contributed by atoms with Crippen LogP contribution in [0.4, 0.5) is 5.69 Å². The van der Waals surface area contributed by atoms with Gasteiger partial charge in [0, 0.05) is 26.8 Å². The molecule has 3 aromatic carbocycles. The van der Waals surface area contributed by atoms with Crippen LogP contribution >= 0.6 is 22.6 Å². The molecule has 3 heteroatoms. The van der Waals surface area contributed by atoms with Gasteiger partial charge in [0.15, 0.2) is 5.78 Å². The molecule has 0 bridgehead atoms. The normalized spacial score (nSPS) is 20.5. The van der Waals surface area contributed by atoms with Gasteiger partial charge in [-0.3, -0.25) is 4.79 Å². The predicted octanol–water partition coefficient (Wildman–Crippen LogP) is 6.75. The van der Waals surface area contributed by atoms with E-state index >= 15 is 0 Å². The minimum Gasteiger partial charge on any atom is -0.374 e. The van der Waals surface area contributed by atoms with Gasteiger partial charge in [-0.15, -0.1) is 0 Å². The summed E-state index contributed by atoms with van der Waals surface area (Å²) in [6.45, 7) is 4.42. The first kappa shape index (κ1) is 17.9. The van der Waals surface area contributed by atoms with Crippen LogP contribution in [-0.2, 0) is 4.79 Å². The van der Waals surface area contributed by atoms with Gasteiger partial charge in [0.05, 0.1) is 6.04 Å². The predicted molar refractivity (Wildman–Crippen MR) is 124 cm³/mol. The van der Waals surface area contributed by atoms with Crippen LogP contribution in [0.5, 0.6) is 0 Å². The zero-order valence-electron chi connectivity index (χ0n) is 16.1. The summed E-state index contributed by atoms with van der Waals surface area (Å²) in [5.74, 6) is 0.279. The molecular weight excluding hydrogens is 457 g/mol. The molecule has 28 heavy (non-hydrogen) atoms. The number of ketones is 1. The summed E-state index contributed by atoms with van der Waals surface area (Å²) in [6.07, 6.45) is 1.53. The number of nitrogens with one attached hydrogen (secondary N) is 1. The van der Waals surface area contributed by atoms with E-state index in [1.807, 2.05) is 0 Å². The molecule has 0 amide bonds. The Morgan fingerprint density at radius 2 is 1.71 bits per heavy atom. The fraction of sp³-hybridized carbons (Fsp3) is 0.240. The van der Waals surface area contributed by atoms with Crippen molar-refractivity contribution in [1.29, 1.82) is 0 Å². The lowest BCUT2D eigenvalue weighted by Gasteiger charge is -2.40. The van der Waals surface area contributed by atoms with E-state index in [9.17, 15) is 4.79 Å². The van der Waals surface area contributed by atoms with Crippen molar-refractivity contribution in [3.63, 3.8) is 0 Å². The van der Waals surface area contributed by atoms with Crippen molar-refractivity contribution in [2.45, 2.75) is 32.7 Å². The molecule has 0 fully saturated rings. The zero-order chi connectivity index (χ0) is 19.5. The van der Waals surface area contributed by atoms with Crippen molar-refractivity contribution in [3.8, 4) is 0 Å². The quantitative estimate of drug-likeness (QED) is 0.391. The van der Waals surface area contributed by atoms with E-state index in [1.165, 1.54) is 20.1 Å². The molecule has 5 rings (SSSR count). The third-order valence-corrected chi connectivity index (χ3v) is 6.93. The van der Waals surface area contributed by atoms with Gasteiger partial charge in [0.25, 0.3) is 0 Å². The number of hydrogen-bond donors (Lipinski definition) is 1. The molecule has 1 atom stereocenters. The second-order valence-corrected chi connectivity index (χ2v) is 9.81. The van der Waals surface area contributed by atoms with Gasteiger partial charge in [-0.25, -0.2) is 0 Å². The first-order valence-corrected chi connectivity index (χ1v) is 10.8. The van der Waals surface area contributed by atoms with Gasteiger partial charge in [-0.1, -0.05) is 62.4 Å². The van der Waals surface area contributed by atoms with Gasteiger partial charge in [0.1, 0.15) is 0 Å². The average molecular weight is 479 g/mol. The summed E-state index contributed by atoms with van der Waals surface area (Å²) >= 11 is 2.41.